The van der Waals surface area contributed by atoms with Crippen molar-refractivity contribution in [3.05, 3.63) is 89.4 Å². The third kappa shape index (κ3) is 5.08. The van der Waals surface area contributed by atoms with Crippen molar-refractivity contribution in [1.29, 1.82) is 0 Å². The van der Waals surface area contributed by atoms with E-state index in [0.717, 1.165) is 24.4 Å². The molecule has 4 aromatic rings. The quantitative estimate of drug-likeness (QED) is 0.362. The number of benzene rings is 2. The summed E-state index contributed by atoms with van der Waals surface area (Å²) in [6.07, 6.45) is 4.53. The monoisotopic (exact) mass is 444 g/mol. The Kier molecular flexibility index (Phi) is 6.71. The number of aromatic amines is 1. The van der Waals surface area contributed by atoms with Crippen molar-refractivity contribution in [2.45, 2.75) is 26.8 Å². The highest BCUT2D eigenvalue weighted by atomic mass is 32.1. The fourth-order valence-corrected chi connectivity index (χ4v) is 4.20. The fourth-order valence-electron chi connectivity index (χ4n) is 3.93. The summed E-state index contributed by atoms with van der Waals surface area (Å²) in [4.78, 5) is 9.87. The van der Waals surface area contributed by atoms with Crippen molar-refractivity contribution in [1.82, 2.24) is 14.9 Å². The molecular weight excluding hydrogens is 416 g/mol. The minimum absolute atomic E-state index is 0.684. The molecule has 0 fully saturated rings. The molecule has 0 aliphatic heterocycles. The van der Waals surface area contributed by atoms with Crippen LogP contribution in [0.5, 0.6) is 5.75 Å². The molecular formula is C26H28N4OS. The summed E-state index contributed by atoms with van der Waals surface area (Å²) in [7, 11) is 1.67. The summed E-state index contributed by atoms with van der Waals surface area (Å²) >= 11 is 5.83. The molecule has 2 aromatic carbocycles. The minimum atomic E-state index is 0.684. The number of fused-ring (bicyclic) bond motifs is 1. The van der Waals surface area contributed by atoms with E-state index in [9.17, 15) is 0 Å². The van der Waals surface area contributed by atoms with Gasteiger partial charge >= 0.3 is 0 Å². The predicted molar refractivity (Wildman–Crippen MR) is 135 cm³/mol. The van der Waals surface area contributed by atoms with Gasteiger partial charge in [0.15, 0.2) is 5.11 Å². The number of thiocarbonyl (C=S) groups is 1. The molecule has 0 atom stereocenters. The molecule has 2 aromatic heterocycles. The lowest BCUT2D eigenvalue weighted by molar-refractivity contribution is 0.414. The second-order valence-electron chi connectivity index (χ2n) is 7.97. The van der Waals surface area contributed by atoms with Crippen LogP contribution in [0, 0.1) is 13.8 Å². The lowest BCUT2D eigenvalue weighted by Gasteiger charge is -2.26. The zero-order chi connectivity index (χ0) is 22.5. The van der Waals surface area contributed by atoms with Crippen LogP contribution in [0.2, 0.25) is 0 Å². The van der Waals surface area contributed by atoms with E-state index in [2.05, 4.69) is 52.2 Å². The zero-order valence-corrected chi connectivity index (χ0v) is 19.5. The number of H-pyrrole nitrogens is 1. The van der Waals surface area contributed by atoms with E-state index >= 15 is 0 Å². The smallest absolute Gasteiger partial charge is 0.173 e. The first-order valence-corrected chi connectivity index (χ1v) is 11.1. The van der Waals surface area contributed by atoms with Gasteiger partial charge in [0.2, 0.25) is 0 Å². The predicted octanol–water partition coefficient (Wildman–Crippen LogP) is 5.63. The number of aromatic nitrogens is 2. The molecule has 0 saturated carbocycles. The first kappa shape index (κ1) is 21.8. The highest BCUT2D eigenvalue weighted by Crippen LogP contribution is 2.24. The average Bonchev–Trinajstić information content (AvgIpc) is 3.11. The van der Waals surface area contributed by atoms with Gasteiger partial charge in [-0.25, -0.2) is 0 Å². The topological polar surface area (TPSA) is 53.2 Å². The Balaban J connectivity index is 1.56. The van der Waals surface area contributed by atoms with Crippen molar-refractivity contribution in [2.75, 3.05) is 19.0 Å². The van der Waals surface area contributed by atoms with Crippen LogP contribution >= 0.6 is 12.2 Å². The van der Waals surface area contributed by atoms with E-state index in [0.29, 0.717) is 11.7 Å². The van der Waals surface area contributed by atoms with Crippen LogP contribution in [0.1, 0.15) is 22.4 Å². The van der Waals surface area contributed by atoms with E-state index in [1.165, 1.54) is 33.3 Å². The molecule has 2 N–H and O–H groups in total. The maximum Gasteiger partial charge on any atom is 0.173 e. The Morgan fingerprint density at radius 3 is 2.69 bits per heavy atom. The Labute approximate surface area is 194 Å². The lowest BCUT2D eigenvalue weighted by atomic mass is 10.1. The summed E-state index contributed by atoms with van der Waals surface area (Å²) in [5.41, 5.74) is 7.07. The number of nitrogens with zero attached hydrogens (tertiary/aromatic N) is 2. The van der Waals surface area contributed by atoms with Crippen molar-refractivity contribution in [2.24, 2.45) is 0 Å². The molecule has 0 spiro atoms. The summed E-state index contributed by atoms with van der Waals surface area (Å²) in [6, 6.07) is 18.4. The Morgan fingerprint density at radius 2 is 1.91 bits per heavy atom. The second-order valence-corrected chi connectivity index (χ2v) is 8.35. The summed E-state index contributed by atoms with van der Waals surface area (Å²) in [6.45, 7) is 5.78. The van der Waals surface area contributed by atoms with Crippen LogP contribution in [0.4, 0.5) is 5.69 Å². The molecule has 0 unspecified atom stereocenters. The molecule has 32 heavy (non-hydrogen) atoms. The van der Waals surface area contributed by atoms with Crippen molar-refractivity contribution >= 4 is 33.9 Å². The fraction of sp³-hybridized carbons (Fsp3) is 0.231. The molecule has 0 bridgehead atoms. The number of hydrogen-bond acceptors (Lipinski definition) is 3. The maximum absolute atomic E-state index is 5.83. The molecule has 5 nitrogen and oxygen atoms in total. The Morgan fingerprint density at radius 1 is 1.09 bits per heavy atom. The first-order chi connectivity index (χ1) is 15.5. The number of nitrogens with one attached hydrogen (secondary N) is 2. The van der Waals surface area contributed by atoms with Crippen molar-refractivity contribution in [3.63, 3.8) is 0 Å². The van der Waals surface area contributed by atoms with Crippen molar-refractivity contribution in [3.8, 4) is 5.75 Å². The summed E-state index contributed by atoms with van der Waals surface area (Å²) in [5, 5.41) is 5.36. The zero-order valence-electron chi connectivity index (χ0n) is 18.7. The number of anilines is 1. The van der Waals surface area contributed by atoms with Crippen LogP contribution in [-0.4, -0.2) is 33.6 Å². The van der Waals surface area contributed by atoms with Gasteiger partial charge < -0.3 is 19.9 Å². The highest BCUT2D eigenvalue weighted by Gasteiger charge is 2.15. The van der Waals surface area contributed by atoms with Crippen LogP contribution in [0.25, 0.3) is 10.9 Å². The molecule has 0 amide bonds. The molecule has 6 heteroatoms. The number of aryl methyl sites for hydroxylation is 2. The largest absolute Gasteiger partial charge is 0.497 e. The number of ether oxygens (including phenoxy) is 1. The summed E-state index contributed by atoms with van der Waals surface area (Å²) in [5.74, 6) is 0.795. The number of rotatable bonds is 7. The van der Waals surface area contributed by atoms with Gasteiger partial charge in [0.1, 0.15) is 5.75 Å². The highest BCUT2D eigenvalue weighted by molar-refractivity contribution is 7.80. The van der Waals surface area contributed by atoms with E-state index in [1.807, 2.05) is 48.8 Å². The van der Waals surface area contributed by atoms with E-state index in [4.69, 9.17) is 17.0 Å². The van der Waals surface area contributed by atoms with Gasteiger partial charge in [0.05, 0.1) is 7.11 Å². The van der Waals surface area contributed by atoms with Crippen LogP contribution in [0.15, 0.2) is 67.0 Å². The van der Waals surface area contributed by atoms with Gasteiger partial charge in [-0.3, -0.25) is 4.98 Å². The molecule has 2 heterocycles. The third-order valence-electron chi connectivity index (χ3n) is 5.64. The second kappa shape index (κ2) is 9.83. The van der Waals surface area contributed by atoms with Gasteiger partial charge in [0, 0.05) is 53.8 Å². The molecule has 4 rings (SSSR count). The van der Waals surface area contributed by atoms with Crippen LogP contribution in [-0.2, 0) is 13.0 Å². The maximum atomic E-state index is 5.83. The van der Waals surface area contributed by atoms with Crippen molar-refractivity contribution < 1.29 is 4.74 Å². The van der Waals surface area contributed by atoms with Gasteiger partial charge in [-0.15, -0.1) is 0 Å². The van der Waals surface area contributed by atoms with E-state index in [-0.39, 0.29) is 0 Å². The number of pyridine rings is 1. The lowest BCUT2D eigenvalue weighted by Crippen LogP contribution is -2.36. The average molecular weight is 445 g/mol. The Hall–Kier alpha value is -3.38. The Bertz CT molecular complexity index is 1220. The van der Waals surface area contributed by atoms with Gasteiger partial charge in [-0.2, -0.15) is 0 Å². The third-order valence-corrected chi connectivity index (χ3v) is 6.00. The normalized spacial score (nSPS) is 10.8. The molecule has 0 aliphatic rings. The molecule has 0 aliphatic carbocycles. The summed E-state index contributed by atoms with van der Waals surface area (Å²) < 4.78 is 5.35. The van der Waals surface area contributed by atoms with E-state index in [1.54, 1.807) is 7.11 Å². The van der Waals surface area contributed by atoms with Gasteiger partial charge in [-0.1, -0.05) is 17.7 Å². The van der Waals surface area contributed by atoms with Crippen LogP contribution in [0.3, 0.4) is 0 Å². The molecule has 0 radical (unpaired) electrons. The number of methoxy groups -OCH3 is 1. The number of hydrogen-bond donors (Lipinski definition) is 2. The van der Waals surface area contributed by atoms with Gasteiger partial charge in [0.25, 0.3) is 0 Å². The minimum Gasteiger partial charge on any atom is -0.497 e. The van der Waals surface area contributed by atoms with E-state index < -0.39 is 0 Å². The first-order valence-electron chi connectivity index (χ1n) is 10.7. The molecule has 0 saturated heterocycles. The van der Waals surface area contributed by atoms with Gasteiger partial charge in [-0.05, 0) is 80.0 Å². The molecule has 164 valence electrons. The van der Waals surface area contributed by atoms with Crippen LogP contribution < -0.4 is 10.1 Å². The standard InChI is InChI=1S/C26H28N4OS/c1-18-7-8-25-24(15-18)23(19(2)28-25)11-14-30(17-20-9-12-27-13-10-20)26(32)29-21-5-4-6-22(16-21)31-3/h4-10,12-13,15-16,28H,11,14,17H2,1-3H3,(H,29,32). The SMILES string of the molecule is COc1cccc(NC(=S)N(CCc2c(C)[nH]c3ccc(C)cc23)Cc2ccncc2)c1.